The average Bonchev–Trinajstić information content (AvgIpc) is 2.83. The quantitative estimate of drug-likeness (QED) is 0.886. The van der Waals surface area contributed by atoms with Gasteiger partial charge in [-0.3, -0.25) is 4.79 Å². The van der Waals surface area contributed by atoms with E-state index in [4.69, 9.17) is 0 Å². The second kappa shape index (κ2) is 5.68. The summed E-state index contributed by atoms with van der Waals surface area (Å²) in [6, 6.07) is 11.0. The third-order valence-electron chi connectivity index (χ3n) is 3.75. The van der Waals surface area contributed by atoms with E-state index in [0.717, 1.165) is 24.8 Å². The van der Waals surface area contributed by atoms with Crippen molar-refractivity contribution in [3.8, 4) is 6.07 Å². The van der Waals surface area contributed by atoms with Crippen molar-refractivity contribution in [3.05, 3.63) is 35.9 Å². The zero-order chi connectivity index (χ0) is 13.0. The topological polar surface area (TPSA) is 52.9 Å². The van der Waals surface area contributed by atoms with Crippen LogP contribution in [0.2, 0.25) is 0 Å². The summed E-state index contributed by atoms with van der Waals surface area (Å²) in [5, 5.41) is 12.0. The van der Waals surface area contributed by atoms with Gasteiger partial charge in [0.15, 0.2) is 0 Å². The van der Waals surface area contributed by atoms with Gasteiger partial charge in [0.25, 0.3) is 0 Å². The van der Waals surface area contributed by atoms with Gasteiger partial charge in [-0.05, 0) is 24.3 Å². The van der Waals surface area contributed by atoms with Crippen LogP contribution in [0.3, 0.4) is 0 Å². The molecule has 18 heavy (non-hydrogen) atoms. The van der Waals surface area contributed by atoms with Gasteiger partial charge in [0.05, 0.1) is 6.07 Å². The van der Waals surface area contributed by atoms with Gasteiger partial charge < -0.3 is 5.32 Å². The molecule has 3 nitrogen and oxygen atoms in total. The van der Waals surface area contributed by atoms with Gasteiger partial charge in [-0.15, -0.1) is 0 Å². The largest absolute Gasteiger partial charge is 0.336 e. The van der Waals surface area contributed by atoms with Gasteiger partial charge in [-0.1, -0.05) is 43.7 Å². The van der Waals surface area contributed by atoms with E-state index in [1.165, 1.54) is 0 Å². The lowest BCUT2D eigenvalue weighted by molar-refractivity contribution is -0.126. The lowest BCUT2D eigenvalue weighted by Gasteiger charge is -2.18. The van der Waals surface area contributed by atoms with Crippen molar-refractivity contribution in [3.63, 3.8) is 0 Å². The van der Waals surface area contributed by atoms with Crippen molar-refractivity contribution in [1.29, 1.82) is 5.26 Å². The highest BCUT2D eigenvalue weighted by Crippen LogP contribution is 2.31. The van der Waals surface area contributed by atoms with Crippen LogP contribution in [0.1, 0.15) is 37.8 Å². The Labute approximate surface area is 108 Å². The first kappa shape index (κ1) is 12.6. The van der Waals surface area contributed by atoms with Crippen LogP contribution in [-0.2, 0) is 4.79 Å². The van der Waals surface area contributed by atoms with Gasteiger partial charge in [0.2, 0.25) is 5.91 Å². The van der Waals surface area contributed by atoms with Crippen LogP contribution >= 0.6 is 0 Å². The van der Waals surface area contributed by atoms with Crippen LogP contribution in [0.4, 0.5) is 0 Å². The maximum atomic E-state index is 12.1. The summed E-state index contributed by atoms with van der Waals surface area (Å²) in [4.78, 5) is 12.1. The number of carbonyl (C=O) groups is 1. The van der Waals surface area contributed by atoms with Crippen LogP contribution in [-0.4, -0.2) is 5.91 Å². The molecule has 1 fully saturated rings. The molecule has 0 aromatic heterocycles. The molecule has 0 spiro atoms. The molecule has 1 N–H and O–H groups in total. The summed E-state index contributed by atoms with van der Waals surface area (Å²) in [6.45, 7) is 2.11. The molecular weight excluding hydrogens is 224 g/mol. The molecule has 1 saturated carbocycles. The molecule has 0 bridgehead atoms. The number of nitriles is 1. The number of hydrogen-bond acceptors (Lipinski definition) is 2. The predicted octanol–water partition coefficient (Wildman–Crippen LogP) is 2.80. The van der Waals surface area contributed by atoms with Gasteiger partial charge in [-0.2, -0.15) is 5.26 Å². The first-order chi connectivity index (χ1) is 8.72. The second-order valence-electron chi connectivity index (χ2n) is 5.00. The minimum Gasteiger partial charge on any atom is -0.336 e. The molecule has 3 atom stereocenters. The molecule has 0 saturated heterocycles. The van der Waals surface area contributed by atoms with Crippen LogP contribution in [0.5, 0.6) is 0 Å². The summed E-state index contributed by atoms with van der Waals surface area (Å²) < 4.78 is 0. The van der Waals surface area contributed by atoms with Crippen molar-refractivity contribution < 1.29 is 4.79 Å². The summed E-state index contributed by atoms with van der Waals surface area (Å²) in [7, 11) is 0. The van der Waals surface area contributed by atoms with Crippen LogP contribution in [0.25, 0.3) is 0 Å². The van der Waals surface area contributed by atoms with Gasteiger partial charge >= 0.3 is 0 Å². The lowest BCUT2D eigenvalue weighted by atomic mass is 9.96. The fourth-order valence-electron chi connectivity index (χ4n) is 2.62. The Hall–Kier alpha value is -1.82. The normalized spacial score (nSPS) is 24.2. The van der Waals surface area contributed by atoms with E-state index < -0.39 is 6.04 Å². The Morgan fingerprint density at radius 1 is 1.39 bits per heavy atom. The number of rotatable bonds is 3. The Morgan fingerprint density at radius 3 is 2.67 bits per heavy atom. The van der Waals surface area contributed by atoms with E-state index >= 15 is 0 Å². The minimum absolute atomic E-state index is 0.0235. The Balaban J connectivity index is 2.03. The number of carbonyl (C=O) groups excluding carboxylic acids is 1. The fraction of sp³-hybridized carbons (Fsp3) is 0.467. The number of benzene rings is 1. The van der Waals surface area contributed by atoms with E-state index in [1.807, 2.05) is 30.3 Å². The fourth-order valence-corrected chi connectivity index (χ4v) is 2.62. The highest BCUT2D eigenvalue weighted by atomic mass is 16.2. The van der Waals surface area contributed by atoms with Crippen LogP contribution in [0, 0.1) is 23.2 Å². The van der Waals surface area contributed by atoms with E-state index in [0.29, 0.717) is 5.92 Å². The molecule has 1 amide bonds. The number of hydrogen-bond donors (Lipinski definition) is 1. The molecule has 1 aromatic carbocycles. The van der Waals surface area contributed by atoms with Crippen molar-refractivity contribution >= 4 is 5.91 Å². The zero-order valence-corrected chi connectivity index (χ0v) is 10.6. The molecular formula is C15H18N2O. The van der Waals surface area contributed by atoms with E-state index in [-0.39, 0.29) is 11.8 Å². The molecule has 0 aliphatic heterocycles. The summed E-state index contributed by atoms with van der Waals surface area (Å²) in [5.41, 5.74) is 0.846. The number of amides is 1. The van der Waals surface area contributed by atoms with E-state index in [9.17, 15) is 10.1 Å². The van der Waals surface area contributed by atoms with Gasteiger partial charge in [0.1, 0.15) is 6.04 Å². The molecule has 1 aliphatic carbocycles. The molecule has 94 valence electrons. The predicted molar refractivity (Wildman–Crippen MR) is 69.4 cm³/mol. The lowest BCUT2D eigenvalue weighted by Crippen LogP contribution is -2.34. The Kier molecular flexibility index (Phi) is 3.99. The molecule has 3 unspecified atom stereocenters. The molecule has 1 aromatic rings. The Morgan fingerprint density at radius 2 is 2.11 bits per heavy atom. The third-order valence-corrected chi connectivity index (χ3v) is 3.75. The third kappa shape index (κ3) is 2.70. The smallest absolute Gasteiger partial charge is 0.224 e. The zero-order valence-electron chi connectivity index (χ0n) is 10.6. The molecule has 1 aliphatic rings. The van der Waals surface area contributed by atoms with E-state index in [2.05, 4.69) is 18.3 Å². The first-order valence-corrected chi connectivity index (χ1v) is 6.47. The highest BCUT2D eigenvalue weighted by molar-refractivity contribution is 5.80. The van der Waals surface area contributed by atoms with Gasteiger partial charge in [0, 0.05) is 5.92 Å². The Bertz CT molecular complexity index is 449. The van der Waals surface area contributed by atoms with Crippen molar-refractivity contribution in [2.45, 2.75) is 32.2 Å². The molecule has 0 radical (unpaired) electrons. The maximum Gasteiger partial charge on any atom is 0.224 e. The number of nitrogens with zero attached hydrogens (tertiary/aromatic N) is 1. The van der Waals surface area contributed by atoms with Crippen molar-refractivity contribution in [1.82, 2.24) is 5.32 Å². The second-order valence-corrected chi connectivity index (χ2v) is 5.00. The van der Waals surface area contributed by atoms with Crippen LogP contribution in [0.15, 0.2) is 30.3 Å². The maximum absolute atomic E-state index is 12.1. The van der Waals surface area contributed by atoms with Gasteiger partial charge in [-0.25, -0.2) is 0 Å². The van der Waals surface area contributed by atoms with E-state index in [1.54, 1.807) is 0 Å². The standard InChI is InChI=1S/C15H18N2O/c1-11-6-5-9-13(11)15(18)17-14(10-16)12-7-3-2-4-8-12/h2-4,7-8,11,13-14H,5-6,9H2,1H3,(H,17,18). The molecule has 0 heterocycles. The van der Waals surface area contributed by atoms with Crippen molar-refractivity contribution in [2.75, 3.05) is 0 Å². The monoisotopic (exact) mass is 242 g/mol. The SMILES string of the molecule is CC1CCCC1C(=O)NC(C#N)c1ccccc1. The first-order valence-electron chi connectivity index (χ1n) is 6.47. The summed E-state index contributed by atoms with van der Waals surface area (Å²) in [6.07, 6.45) is 3.17. The molecule has 3 heteroatoms. The highest BCUT2D eigenvalue weighted by Gasteiger charge is 2.30. The average molecular weight is 242 g/mol. The number of nitrogens with one attached hydrogen (secondary N) is 1. The van der Waals surface area contributed by atoms with Crippen molar-refractivity contribution in [2.24, 2.45) is 11.8 Å². The summed E-state index contributed by atoms with van der Waals surface area (Å²) >= 11 is 0. The minimum atomic E-state index is -0.536. The van der Waals surface area contributed by atoms with Crippen LogP contribution < -0.4 is 5.32 Å². The summed E-state index contributed by atoms with van der Waals surface area (Å²) in [5.74, 6) is 0.528. The molecule has 2 rings (SSSR count).